The van der Waals surface area contributed by atoms with Gasteiger partial charge in [-0.15, -0.1) is 0 Å². The number of carboxylic acid groups (broad SMARTS) is 1. The minimum absolute atomic E-state index is 0.512. The van der Waals surface area contributed by atoms with Crippen molar-refractivity contribution in [3.63, 3.8) is 0 Å². The van der Waals surface area contributed by atoms with Gasteiger partial charge in [0.2, 0.25) is 0 Å². The second-order valence-electron chi connectivity index (χ2n) is 1.32. The van der Waals surface area contributed by atoms with Crippen molar-refractivity contribution >= 4 is 29.0 Å². The van der Waals surface area contributed by atoms with Gasteiger partial charge in [-0.05, 0) is 6.42 Å². The van der Waals surface area contributed by atoms with Gasteiger partial charge in [0.1, 0.15) is 23.0 Å². The number of hydrogen-bond donors (Lipinski definition) is 1. The predicted octanol–water partition coefficient (Wildman–Crippen LogP) is 1.22. The molecule has 0 heterocycles. The van der Waals surface area contributed by atoms with Gasteiger partial charge in [0.05, 0.1) is 0 Å². The van der Waals surface area contributed by atoms with Crippen LogP contribution in [-0.4, -0.2) is 17.2 Å². The summed E-state index contributed by atoms with van der Waals surface area (Å²) >= 11 is 1.58. The van der Waals surface area contributed by atoms with Crippen LogP contribution < -0.4 is 0 Å². The minimum atomic E-state index is -0.901. The van der Waals surface area contributed by atoms with Gasteiger partial charge in [0.25, 0.3) is 0 Å². The molecule has 0 saturated heterocycles. The van der Waals surface area contributed by atoms with E-state index in [1.54, 1.807) is 29.9 Å². The van der Waals surface area contributed by atoms with Crippen LogP contribution in [0.15, 0.2) is 0 Å². The van der Waals surface area contributed by atoms with Gasteiger partial charge in [-0.3, -0.25) is 0 Å². The Morgan fingerprint density at radius 3 is 2.50 bits per heavy atom. The lowest BCUT2D eigenvalue weighted by molar-refractivity contribution is -0.143. The number of aliphatic carboxylic acids is 1. The largest absolute Gasteiger partial charge is 0.479 e. The lowest BCUT2D eigenvalue weighted by Gasteiger charge is -2.01. The van der Waals surface area contributed by atoms with Gasteiger partial charge in [-0.2, -0.15) is 0 Å². The molecule has 8 heavy (non-hydrogen) atoms. The molecule has 0 aliphatic carbocycles. The lowest BCUT2D eigenvalue weighted by Crippen LogP contribution is -2.18. The molecule has 0 aromatic heterocycles. The second kappa shape index (κ2) is 4.08. The third kappa shape index (κ3) is 2.46. The zero-order valence-corrected chi connectivity index (χ0v) is 6.58. The Hall–Kier alpha value is 0.160. The first-order valence-electron chi connectivity index (χ1n) is 2.22. The van der Waals surface area contributed by atoms with E-state index >= 15 is 0 Å². The molecule has 0 bridgehead atoms. The van der Waals surface area contributed by atoms with Crippen LogP contribution in [0.2, 0.25) is 0 Å². The van der Waals surface area contributed by atoms with Crippen LogP contribution >= 0.6 is 23.0 Å². The summed E-state index contributed by atoms with van der Waals surface area (Å²) in [6.07, 6.45) is -0.131. The molecular formula is C4H7IO3. The number of halogens is 1. The van der Waals surface area contributed by atoms with E-state index in [0.29, 0.717) is 6.42 Å². The first kappa shape index (κ1) is 8.16. The van der Waals surface area contributed by atoms with E-state index < -0.39 is 12.1 Å². The average molecular weight is 230 g/mol. The highest BCUT2D eigenvalue weighted by atomic mass is 127. The van der Waals surface area contributed by atoms with E-state index in [0.717, 1.165) is 0 Å². The Balaban J connectivity index is 3.52. The molecule has 1 unspecified atom stereocenters. The van der Waals surface area contributed by atoms with Crippen LogP contribution in [0.3, 0.4) is 0 Å². The van der Waals surface area contributed by atoms with Crippen molar-refractivity contribution < 1.29 is 13.0 Å². The summed E-state index contributed by atoms with van der Waals surface area (Å²) in [5, 5.41) is 8.24. The zero-order valence-electron chi connectivity index (χ0n) is 4.43. The normalized spacial score (nSPS) is 13.2. The number of hydrogen-bond acceptors (Lipinski definition) is 2. The van der Waals surface area contributed by atoms with Crippen LogP contribution in [0.5, 0.6) is 0 Å². The van der Waals surface area contributed by atoms with Crippen molar-refractivity contribution in [2.75, 3.05) is 0 Å². The van der Waals surface area contributed by atoms with Crippen molar-refractivity contribution in [3.8, 4) is 0 Å². The topological polar surface area (TPSA) is 46.5 Å². The van der Waals surface area contributed by atoms with Crippen molar-refractivity contribution in [2.24, 2.45) is 0 Å². The summed E-state index contributed by atoms with van der Waals surface area (Å²) in [7, 11) is 0. The smallest absolute Gasteiger partial charge is 0.333 e. The molecule has 0 aliphatic heterocycles. The molecule has 48 valence electrons. The third-order valence-corrected chi connectivity index (χ3v) is 1.37. The standard InChI is InChI=1S/C4H7IO3/c1-2-3(8-5)4(6)7/h3H,2H2,1H3,(H,6,7). The van der Waals surface area contributed by atoms with Gasteiger partial charge < -0.3 is 8.17 Å². The van der Waals surface area contributed by atoms with Gasteiger partial charge in [-0.25, -0.2) is 4.79 Å². The fraction of sp³-hybridized carbons (Fsp3) is 0.750. The van der Waals surface area contributed by atoms with Crippen molar-refractivity contribution in [1.82, 2.24) is 0 Å². The van der Waals surface area contributed by atoms with Gasteiger partial charge in [0.15, 0.2) is 6.10 Å². The van der Waals surface area contributed by atoms with Gasteiger partial charge in [0, 0.05) is 0 Å². The molecule has 0 radical (unpaired) electrons. The maximum absolute atomic E-state index is 10.0. The lowest BCUT2D eigenvalue weighted by atomic mass is 10.3. The first-order valence-corrected chi connectivity index (χ1v) is 3.10. The highest BCUT2D eigenvalue weighted by Crippen LogP contribution is 2.01. The number of carboxylic acids is 1. The second-order valence-corrected chi connectivity index (χ2v) is 1.83. The summed E-state index contributed by atoms with van der Waals surface area (Å²) in [4.78, 5) is 10.0. The van der Waals surface area contributed by atoms with Crippen LogP contribution in [0.4, 0.5) is 0 Å². The van der Waals surface area contributed by atoms with E-state index in [4.69, 9.17) is 5.11 Å². The summed E-state index contributed by atoms with van der Waals surface area (Å²) in [6.45, 7) is 1.76. The maximum atomic E-state index is 10.0. The molecule has 0 fully saturated rings. The Morgan fingerprint density at radius 2 is 2.50 bits per heavy atom. The van der Waals surface area contributed by atoms with E-state index in [2.05, 4.69) is 3.07 Å². The fourth-order valence-electron chi connectivity index (χ4n) is 0.276. The van der Waals surface area contributed by atoms with Crippen LogP contribution in [0, 0.1) is 0 Å². The third-order valence-electron chi connectivity index (χ3n) is 0.754. The molecule has 1 atom stereocenters. The predicted molar refractivity (Wildman–Crippen MR) is 36.8 cm³/mol. The minimum Gasteiger partial charge on any atom is -0.479 e. The Bertz CT molecular complexity index is 79.4. The van der Waals surface area contributed by atoms with Crippen LogP contribution in [0.1, 0.15) is 13.3 Å². The van der Waals surface area contributed by atoms with Crippen LogP contribution in [0.25, 0.3) is 0 Å². The first-order chi connectivity index (χ1) is 3.72. The van der Waals surface area contributed by atoms with Crippen molar-refractivity contribution in [2.45, 2.75) is 19.4 Å². The molecule has 0 amide bonds. The SMILES string of the molecule is CCC(OI)C(=O)O. The average Bonchev–Trinajstić information content (AvgIpc) is 1.69. The van der Waals surface area contributed by atoms with Crippen molar-refractivity contribution in [3.05, 3.63) is 0 Å². The zero-order chi connectivity index (χ0) is 6.57. The van der Waals surface area contributed by atoms with E-state index in [1.807, 2.05) is 0 Å². The van der Waals surface area contributed by atoms with E-state index in [1.165, 1.54) is 0 Å². The number of carbonyl (C=O) groups is 1. The molecule has 0 aromatic rings. The summed E-state index contributed by atoms with van der Waals surface area (Å²) in [5.74, 6) is -0.901. The Kier molecular flexibility index (Phi) is 4.16. The van der Waals surface area contributed by atoms with E-state index in [-0.39, 0.29) is 0 Å². The molecule has 0 rings (SSSR count). The van der Waals surface area contributed by atoms with Gasteiger partial charge >= 0.3 is 5.97 Å². The highest BCUT2D eigenvalue weighted by molar-refractivity contribution is 14.1. The number of rotatable bonds is 3. The fourth-order valence-corrected chi connectivity index (χ4v) is 0.853. The summed E-state index contributed by atoms with van der Waals surface area (Å²) in [6, 6.07) is 0. The maximum Gasteiger partial charge on any atom is 0.333 e. The summed E-state index contributed by atoms with van der Waals surface area (Å²) < 4.78 is 4.53. The quantitative estimate of drug-likeness (QED) is 0.741. The summed E-state index contributed by atoms with van der Waals surface area (Å²) in [5.41, 5.74) is 0. The molecule has 1 N–H and O–H groups in total. The molecule has 0 spiro atoms. The van der Waals surface area contributed by atoms with Gasteiger partial charge in [-0.1, -0.05) is 6.92 Å². The molecule has 0 saturated carbocycles. The monoisotopic (exact) mass is 230 g/mol. The highest BCUT2D eigenvalue weighted by Gasteiger charge is 2.12. The Morgan fingerprint density at radius 1 is 2.00 bits per heavy atom. The molecule has 0 aromatic carbocycles. The van der Waals surface area contributed by atoms with E-state index in [9.17, 15) is 4.79 Å². The molecular weight excluding hydrogens is 223 g/mol. The molecule has 0 aliphatic rings. The van der Waals surface area contributed by atoms with Crippen molar-refractivity contribution in [1.29, 1.82) is 0 Å². The molecule has 4 heteroatoms. The Labute approximate surface area is 61.7 Å². The van der Waals surface area contributed by atoms with Crippen LogP contribution in [-0.2, 0) is 7.86 Å². The molecule has 3 nitrogen and oxygen atoms in total.